The van der Waals surface area contributed by atoms with E-state index in [-0.39, 0.29) is 24.1 Å². The maximum atomic E-state index is 12.0. The Labute approximate surface area is 145 Å². The van der Waals surface area contributed by atoms with Gasteiger partial charge in [-0.2, -0.15) is 0 Å². The topological polar surface area (TPSA) is 75.2 Å². The average Bonchev–Trinajstić information content (AvgIpc) is 3.12. The third-order valence-corrected chi connectivity index (χ3v) is 4.91. The number of aromatic nitrogens is 2. The van der Waals surface area contributed by atoms with Crippen LogP contribution in [0.2, 0.25) is 0 Å². The molecule has 0 unspecified atom stereocenters. The van der Waals surface area contributed by atoms with Crippen LogP contribution in [0.1, 0.15) is 18.7 Å². The SMILES string of the molecule is Cc1nc(SCC(=O)NCC(=O)N2CCCC2)c2ccccc2n1. The van der Waals surface area contributed by atoms with Gasteiger partial charge in [-0.15, -0.1) is 0 Å². The lowest BCUT2D eigenvalue weighted by Crippen LogP contribution is -2.39. The monoisotopic (exact) mass is 344 g/mol. The van der Waals surface area contributed by atoms with Crippen molar-refractivity contribution in [2.75, 3.05) is 25.4 Å². The van der Waals surface area contributed by atoms with Crippen molar-refractivity contribution in [3.8, 4) is 0 Å². The summed E-state index contributed by atoms with van der Waals surface area (Å²) in [4.78, 5) is 34.6. The number of fused-ring (bicyclic) bond motifs is 1. The fraction of sp³-hybridized carbons (Fsp3) is 0.412. The van der Waals surface area contributed by atoms with Crippen LogP contribution in [0.4, 0.5) is 0 Å². The molecule has 1 saturated heterocycles. The van der Waals surface area contributed by atoms with Crippen LogP contribution in [-0.4, -0.2) is 52.1 Å². The molecule has 0 spiro atoms. The zero-order valence-electron chi connectivity index (χ0n) is 13.6. The van der Waals surface area contributed by atoms with Crippen LogP contribution in [0.15, 0.2) is 29.3 Å². The van der Waals surface area contributed by atoms with Crippen LogP contribution < -0.4 is 5.32 Å². The number of benzene rings is 1. The number of para-hydroxylation sites is 1. The van der Waals surface area contributed by atoms with E-state index in [1.807, 2.05) is 31.2 Å². The number of nitrogens with one attached hydrogen (secondary N) is 1. The Morgan fingerprint density at radius 3 is 2.75 bits per heavy atom. The van der Waals surface area contributed by atoms with E-state index in [0.717, 1.165) is 41.9 Å². The van der Waals surface area contributed by atoms with E-state index >= 15 is 0 Å². The highest BCUT2D eigenvalue weighted by Crippen LogP contribution is 2.24. The van der Waals surface area contributed by atoms with E-state index in [1.54, 1.807) is 4.90 Å². The molecule has 1 aliphatic heterocycles. The minimum atomic E-state index is -0.159. The molecule has 7 heteroatoms. The van der Waals surface area contributed by atoms with Crippen molar-refractivity contribution >= 4 is 34.5 Å². The number of aryl methyl sites for hydroxylation is 1. The quantitative estimate of drug-likeness (QED) is 0.661. The van der Waals surface area contributed by atoms with Crippen LogP contribution in [0.25, 0.3) is 10.9 Å². The number of carbonyl (C=O) groups is 2. The standard InChI is InChI=1S/C17H20N4O2S/c1-12-19-14-7-3-2-6-13(14)17(20-12)24-11-15(22)18-10-16(23)21-8-4-5-9-21/h2-3,6-7H,4-5,8-11H2,1H3,(H,18,22). The Morgan fingerprint density at radius 2 is 1.96 bits per heavy atom. The molecule has 1 aliphatic rings. The third-order valence-electron chi connectivity index (χ3n) is 3.92. The average molecular weight is 344 g/mol. The van der Waals surface area contributed by atoms with Crippen LogP contribution in [-0.2, 0) is 9.59 Å². The second-order valence-electron chi connectivity index (χ2n) is 5.75. The molecule has 2 aromatic rings. The van der Waals surface area contributed by atoms with Gasteiger partial charge in [0.15, 0.2) is 0 Å². The summed E-state index contributed by atoms with van der Waals surface area (Å²) in [6, 6.07) is 7.74. The van der Waals surface area contributed by atoms with E-state index in [2.05, 4.69) is 15.3 Å². The second kappa shape index (κ2) is 7.61. The van der Waals surface area contributed by atoms with Crippen molar-refractivity contribution in [2.24, 2.45) is 0 Å². The van der Waals surface area contributed by atoms with Gasteiger partial charge in [-0.3, -0.25) is 9.59 Å². The van der Waals surface area contributed by atoms with Crippen molar-refractivity contribution in [2.45, 2.75) is 24.8 Å². The summed E-state index contributed by atoms with van der Waals surface area (Å²) in [5, 5.41) is 4.43. The molecule has 6 nitrogen and oxygen atoms in total. The molecular formula is C17H20N4O2S. The van der Waals surface area contributed by atoms with Crippen LogP contribution in [0.3, 0.4) is 0 Å². The van der Waals surface area contributed by atoms with Crippen molar-refractivity contribution in [3.63, 3.8) is 0 Å². The second-order valence-corrected chi connectivity index (χ2v) is 6.71. The first-order valence-electron chi connectivity index (χ1n) is 8.04. The number of amides is 2. The van der Waals surface area contributed by atoms with Gasteiger partial charge in [-0.25, -0.2) is 9.97 Å². The summed E-state index contributed by atoms with van der Waals surface area (Å²) < 4.78 is 0. The van der Waals surface area contributed by atoms with Gasteiger partial charge in [0.25, 0.3) is 0 Å². The highest BCUT2D eigenvalue weighted by Gasteiger charge is 2.18. The predicted molar refractivity (Wildman–Crippen MR) is 93.8 cm³/mol. The van der Waals surface area contributed by atoms with Crippen molar-refractivity contribution in [3.05, 3.63) is 30.1 Å². The van der Waals surface area contributed by atoms with E-state index < -0.39 is 0 Å². The highest BCUT2D eigenvalue weighted by atomic mass is 32.2. The summed E-state index contributed by atoms with van der Waals surface area (Å²) in [6.07, 6.45) is 2.10. The zero-order valence-corrected chi connectivity index (χ0v) is 14.4. The number of likely N-dealkylation sites (tertiary alicyclic amines) is 1. The van der Waals surface area contributed by atoms with E-state index in [1.165, 1.54) is 11.8 Å². The maximum absolute atomic E-state index is 12.0. The molecule has 0 atom stereocenters. The number of hydrogen-bond acceptors (Lipinski definition) is 5. The maximum Gasteiger partial charge on any atom is 0.241 e. The number of carbonyl (C=O) groups excluding carboxylic acids is 2. The molecular weight excluding hydrogens is 324 g/mol. The fourth-order valence-corrected chi connectivity index (χ4v) is 3.60. The van der Waals surface area contributed by atoms with Gasteiger partial charge in [0.05, 0.1) is 17.8 Å². The van der Waals surface area contributed by atoms with Crippen molar-refractivity contribution in [1.82, 2.24) is 20.2 Å². The predicted octanol–water partition coefficient (Wildman–Crippen LogP) is 1.77. The number of rotatable bonds is 5. The minimum Gasteiger partial charge on any atom is -0.346 e. The van der Waals surface area contributed by atoms with E-state index in [0.29, 0.717) is 5.82 Å². The molecule has 0 aliphatic carbocycles. The lowest BCUT2D eigenvalue weighted by molar-refractivity contribution is -0.131. The molecule has 2 heterocycles. The smallest absolute Gasteiger partial charge is 0.241 e. The van der Waals surface area contributed by atoms with Crippen LogP contribution in [0.5, 0.6) is 0 Å². The molecule has 126 valence electrons. The van der Waals surface area contributed by atoms with Crippen molar-refractivity contribution in [1.29, 1.82) is 0 Å². The summed E-state index contributed by atoms with van der Waals surface area (Å²) >= 11 is 1.37. The number of hydrogen-bond donors (Lipinski definition) is 1. The van der Waals surface area contributed by atoms with Crippen molar-refractivity contribution < 1.29 is 9.59 Å². The summed E-state index contributed by atoms with van der Waals surface area (Å²) in [5.74, 6) is 0.746. The van der Waals surface area contributed by atoms with Crippen LogP contribution >= 0.6 is 11.8 Å². The lowest BCUT2D eigenvalue weighted by Gasteiger charge is -2.15. The molecule has 1 aromatic carbocycles. The largest absolute Gasteiger partial charge is 0.346 e. The van der Waals surface area contributed by atoms with Gasteiger partial charge in [-0.1, -0.05) is 30.0 Å². The molecule has 1 aromatic heterocycles. The third kappa shape index (κ3) is 4.03. The molecule has 1 N–H and O–H groups in total. The highest BCUT2D eigenvalue weighted by molar-refractivity contribution is 8.00. The Kier molecular flexibility index (Phi) is 5.30. The zero-order chi connectivity index (χ0) is 16.9. The molecule has 1 fully saturated rings. The first-order chi connectivity index (χ1) is 11.6. The molecule has 0 saturated carbocycles. The summed E-state index contributed by atoms with van der Waals surface area (Å²) in [5.41, 5.74) is 0.872. The Hall–Kier alpha value is -2.15. The molecule has 0 bridgehead atoms. The normalized spacial score (nSPS) is 14.1. The lowest BCUT2D eigenvalue weighted by atomic mass is 10.2. The minimum absolute atomic E-state index is 0.00539. The molecule has 2 amide bonds. The summed E-state index contributed by atoms with van der Waals surface area (Å²) in [7, 11) is 0. The van der Waals surface area contributed by atoms with E-state index in [9.17, 15) is 9.59 Å². The van der Waals surface area contributed by atoms with Gasteiger partial charge >= 0.3 is 0 Å². The van der Waals surface area contributed by atoms with Gasteiger partial charge < -0.3 is 10.2 Å². The van der Waals surface area contributed by atoms with Gasteiger partial charge in [-0.05, 0) is 25.8 Å². The molecule has 3 rings (SSSR count). The number of thioether (sulfide) groups is 1. The molecule has 0 radical (unpaired) electrons. The van der Waals surface area contributed by atoms with Crippen LogP contribution in [0, 0.1) is 6.92 Å². The molecule has 24 heavy (non-hydrogen) atoms. The Bertz CT molecular complexity index is 759. The van der Waals surface area contributed by atoms with Gasteiger partial charge in [0, 0.05) is 18.5 Å². The van der Waals surface area contributed by atoms with E-state index in [4.69, 9.17) is 0 Å². The fourth-order valence-electron chi connectivity index (χ4n) is 2.71. The summed E-state index contributed by atoms with van der Waals surface area (Å²) in [6.45, 7) is 3.51. The first kappa shape index (κ1) is 16.7. The Balaban J connectivity index is 1.55. The van der Waals surface area contributed by atoms with Gasteiger partial charge in [0.1, 0.15) is 10.9 Å². The van der Waals surface area contributed by atoms with Gasteiger partial charge in [0.2, 0.25) is 11.8 Å². The number of nitrogens with zero attached hydrogens (tertiary/aromatic N) is 3. The Morgan fingerprint density at radius 1 is 1.21 bits per heavy atom. The first-order valence-corrected chi connectivity index (χ1v) is 9.03.